The van der Waals surface area contributed by atoms with E-state index in [0.29, 0.717) is 178 Å². The van der Waals surface area contributed by atoms with Crippen molar-refractivity contribution in [2.24, 2.45) is 0 Å². The van der Waals surface area contributed by atoms with E-state index in [2.05, 4.69) is 43.9 Å². The molecule has 1 aliphatic rings. The molecule has 0 saturated carbocycles. The first-order valence-corrected chi connectivity index (χ1v) is 25.4. The van der Waals surface area contributed by atoms with Crippen LogP contribution in [0.4, 0.5) is 4.79 Å². The second-order valence-corrected chi connectivity index (χ2v) is 19.5. The Labute approximate surface area is 371 Å². The van der Waals surface area contributed by atoms with Gasteiger partial charge in [-0.15, -0.1) is 0 Å². The molecular weight excluding hydrogens is 823 g/mol. The minimum atomic E-state index is -1.46. The van der Waals surface area contributed by atoms with Crippen LogP contribution >= 0.6 is 0 Å². The Bertz CT molecular complexity index is 1340. The Morgan fingerprint density at radius 3 is 1.02 bits per heavy atom. The standard InChI is InChI=1S/C45H75NO15Si/c1-46(45(47)60-39-44-42-11-7-5-9-40(42)41-10-6-8-12-43(41)44)13-14-48-15-16-49-17-18-50-19-20-51-21-22-52-23-24-53-25-26-54-27-28-55-29-30-56-31-32-57-33-34-58-35-36-59-37-38-61-62(2,3)4/h5-12,44H,13-39H2,1-4H3. The third kappa shape index (κ3) is 26.3. The summed E-state index contributed by atoms with van der Waals surface area (Å²) in [6, 6.07) is 16.6. The van der Waals surface area contributed by atoms with Gasteiger partial charge >= 0.3 is 6.09 Å². The second-order valence-electron chi connectivity index (χ2n) is 15.0. The van der Waals surface area contributed by atoms with E-state index in [9.17, 15) is 4.79 Å². The molecule has 2 aromatic rings. The summed E-state index contributed by atoms with van der Waals surface area (Å²) in [5.74, 6) is 0.0360. The highest BCUT2D eigenvalue weighted by molar-refractivity contribution is 6.69. The lowest BCUT2D eigenvalue weighted by atomic mass is 9.98. The van der Waals surface area contributed by atoms with Gasteiger partial charge in [-0.05, 0) is 41.9 Å². The highest BCUT2D eigenvalue weighted by Gasteiger charge is 2.29. The molecule has 62 heavy (non-hydrogen) atoms. The number of ether oxygens (including phenoxy) is 13. The van der Waals surface area contributed by atoms with Crippen molar-refractivity contribution in [3.05, 3.63) is 59.7 Å². The van der Waals surface area contributed by atoms with Crippen LogP contribution in [0.3, 0.4) is 0 Å². The monoisotopic (exact) mass is 897 g/mol. The highest BCUT2D eigenvalue weighted by atomic mass is 28.4. The molecule has 0 heterocycles. The van der Waals surface area contributed by atoms with Gasteiger partial charge in [0.2, 0.25) is 0 Å². The minimum Gasteiger partial charge on any atom is -0.448 e. The van der Waals surface area contributed by atoms with Gasteiger partial charge < -0.3 is 70.9 Å². The molecule has 1 aliphatic carbocycles. The molecule has 354 valence electrons. The molecule has 1 amide bonds. The Hall–Kier alpha value is -2.59. The summed E-state index contributed by atoms with van der Waals surface area (Å²) in [6.07, 6.45) is -0.366. The number of nitrogens with zero attached hydrogens (tertiary/aromatic N) is 1. The maximum Gasteiger partial charge on any atom is 0.409 e. The summed E-state index contributed by atoms with van der Waals surface area (Å²) in [5, 5.41) is 0. The van der Waals surface area contributed by atoms with Gasteiger partial charge in [0.15, 0.2) is 8.32 Å². The smallest absolute Gasteiger partial charge is 0.409 e. The first-order valence-electron chi connectivity index (χ1n) is 22.0. The summed E-state index contributed by atoms with van der Waals surface area (Å²) >= 11 is 0. The van der Waals surface area contributed by atoms with Gasteiger partial charge in [0.25, 0.3) is 0 Å². The highest BCUT2D eigenvalue weighted by Crippen LogP contribution is 2.44. The van der Waals surface area contributed by atoms with Gasteiger partial charge in [-0.2, -0.15) is 0 Å². The molecule has 2 aromatic carbocycles. The van der Waals surface area contributed by atoms with Gasteiger partial charge in [-0.3, -0.25) is 0 Å². The molecule has 0 aliphatic heterocycles. The molecule has 0 unspecified atom stereocenters. The number of amides is 1. The van der Waals surface area contributed by atoms with Crippen molar-refractivity contribution in [1.29, 1.82) is 0 Å². The van der Waals surface area contributed by atoms with Crippen molar-refractivity contribution in [2.75, 3.05) is 185 Å². The predicted molar refractivity (Wildman–Crippen MR) is 237 cm³/mol. The predicted octanol–water partition coefficient (Wildman–Crippen LogP) is 4.92. The average Bonchev–Trinajstić information content (AvgIpc) is 3.59. The number of carbonyl (C=O) groups is 1. The van der Waals surface area contributed by atoms with Gasteiger partial charge in [0.05, 0.1) is 165 Å². The molecular formula is C45H75NO15Si. The van der Waals surface area contributed by atoms with Crippen molar-refractivity contribution in [3.63, 3.8) is 0 Å². The second kappa shape index (κ2) is 35.7. The van der Waals surface area contributed by atoms with Crippen molar-refractivity contribution in [3.8, 4) is 11.1 Å². The summed E-state index contributed by atoms with van der Waals surface area (Å²) in [5.41, 5.74) is 4.79. The van der Waals surface area contributed by atoms with Crippen LogP contribution in [0.15, 0.2) is 48.5 Å². The lowest BCUT2D eigenvalue weighted by molar-refractivity contribution is -0.0286. The van der Waals surface area contributed by atoms with Crippen LogP contribution in [0.25, 0.3) is 11.1 Å². The zero-order chi connectivity index (χ0) is 44.2. The first kappa shape index (κ1) is 53.7. The number of rotatable bonds is 42. The maximum atomic E-state index is 12.6. The van der Waals surface area contributed by atoms with Gasteiger partial charge in [-0.1, -0.05) is 48.5 Å². The van der Waals surface area contributed by atoms with Crippen molar-refractivity contribution in [1.82, 2.24) is 4.90 Å². The van der Waals surface area contributed by atoms with Crippen LogP contribution in [-0.2, 0) is 66.0 Å². The zero-order valence-corrected chi connectivity index (χ0v) is 38.9. The van der Waals surface area contributed by atoms with Crippen LogP contribution in [0.2, 0.25) is 19.6 Å². The summed E-state index contributed by atoms with van der Waals surface area (Å²) < 4.78 is 77.7. The van der Waals surface area contributed by atoms with Crippen LogP contribution in [0, 0.1) is 0 Å². The Kier molecular flexibility index (Phi) is 31.0. The number of carbonyl (C=O) groups excluding carboxylic acids is 1. The summed E-state index contributed by atoms with van der Waals surface area (Å²) in [4.78, 5) is 14.2. The number of hydrogen-bond acceptors (Lipinski definition) is 15. The van der Waals surface area contributed by atoms with E-state index in [-0.39, 0.29) is 12.0 Å². The van der Waals surface area contributed by atoms with E-state index in [1.54, 1.807) is 7.05 Å². The van der Waals surface area contributed by atoms with E-state index >= 15 is 0 Å². The first-order chi connectivity index (χ1) is 30.4. The zero-order valence-electron chi connectivity index (χ0n) is 37.9. The van der Waals surface area contributed by atoms with E-state index < -0.39 is 8.32 Å². The van der Waals surface area contributed by atoms with E-state index in [0.717, 1.165) is 0 Å². The van der Waals surface area contributed by atoms with E-state index in [1.807, 2.05) is 24.3 Å². The fourth-order valence-corrected chi connectivity index (χ4v) is 6.62. The Morgan fingerprint density at radius 1 is 0.435 bits per heavy atom. The average molecular weight is 898 g/mol. The Balaban J connectivity index is 0.934. The molecule has 0 radical (unpaired) electrons. The number of likely N-dealkylation sites (N-methyl/N-ethyl adjacent to an activating group) is 1. The maximum absolute atomic E-state index is 12.6. The lowest BCUT2D eigenvalue weighted by Crippen LogP contribution is -2.32. The number of hydrogen-bond donors (Lipinski definition) is 0. The van der Waals surface area contributed by atoms with Crippen molar-refractivity contribution in [2.45, 2.75) is 25.6 Å². The van der Waals surface area contributed by atoms with Crippen LogP contribution in [0.5, 0.6) is 0 Å². The molecule has 3 rings (SSSR count). The fraction of sp³-hybridized carbons (Fsp3) is 0.711. The van der Waals surface area contributed by atoms with E-state index in [1.165, 1.54) is 27.2 Å². The molecule has 16 nitrogen and oxygen atoms in total. The quantitative estimate of drug-likeness (QED) is 0.0656. The summed E-state index contributed by atoms with van der Waals surface area (Å²) in [7, 11) is 0.252. The number of fused-ring (bicyclic) bond motifs is 3. The van der Waals surface area contributed by atoms with Crippen LogP contribution in [0.1, 0.15) is 17.0 Å². The molecule has 0 fully saturated rings. The van der Waals surface area contributed by atoms with Gasteiger partial charge in [-0.25, -0.2) is 4.79 Å². The summed E-state index contributed by atoms with van der Waals surface area (Å²) in [6.45, 7) is 19.7. The van der Waals surface area contributed by atoms with Crippen molar-refractivity contribution >= 4 is 14.4 Å². The van der Waals surface area contributed by atoms with Gasteiger partial charge in [0, 0.05) is 19.5 Å². The fourth-order valence-electron chi connectivity index (χ4n) is 5.92. The normalized spacial score (nSPS) is 12.5. The minimum absolute atomic E-state index is 0.0360. The SMILES string of the molecule is CN(CCOCCOCCOCCOCCOCCOCCOCCOCCOCCOCCOCCOCCO[Si](C)(C)C)C(=O)OCC1c2ccccc2-c2ccccc21. The molecule has 0 spiro atoms. The van der Waals surface area contributed by atoms with Gasteiger partial charge in [0.1, 0.15) is 6.61 Å². The topological polar surface area (TPSA) is 150 Å². The van der Waals surface area contributed by atoms with E-state index in [4.69, 9.17) is 66.0 Å². The molecule has 0 aromatic heterocycles. The third-order valence-corrected chi connectivity index (χ3v) is 10.1. The van der Waals surface area contributed by atoms with Crippen LogP contribution < -0.4 is 0 Å². The molecule has 0 atom stereocenters. The Morgan fingerprint density at radius 2 is 0.710 bits per heavy atom. The molecule has 0 bridgehead atoms. The molecule has 0 saturated heterocycles. The molecule has 17 heteroatoms. The number of benzene rings is 2. The lowest BCUT2D eigenvalue weighted by Gasteiger charge is -2.19. The third-order valence-electron chi connectivity index (χ3n) is 9.07. The van der Waals surface area contributed by atoms with Crippen molar-refractivity contribution < 1.29 is 70.8 Å². The molecule has 0 N–H and O–H groups in total. The van der Waals surface area contributed by atoms with Crippen LogP contribution in [-0.4, -0.2) is 205 Å². The largest absolute Gasteiger partial charge is 0.448 e.